The summed E-state index contributed by atoms with van der Waals surface area (Å²) in [6.07, 6.45) is 8.08. The Bertz CT molecular complexity index is 1150. The van der Waals surface area contributed by atoms with Crippen molar-refractivity contribution in [2.75, 3.05) is 26.6 Å². The number of halogens is 1. The molecule has 7 heteroatoms. The molecule has 0 spiro atoms. The zero-order chi connectivity index (χ0) is 28.7. The minimum atomic E-state index is -1.67. The third-order valence-electron chi connectivity index (χ3n) is 8.24. The summed E-state index contributed by atoms with van der Waals surface area (Å²) >= 11 is 1.47. The summed E-state index contributed by atoms with van der Waals surface area (Å²) in [6.45, 7) is 12.5. The van der Waals surface area contributed by atoms with Crippen molar-refractivity contribution >= 4 is 20.1 Å². The molecular formula is C32H45FO4SSi. The second-order valence-electron chi connectivity index (χ2n) is 11.8. The van der Waals surface area contributed by atoms with Gasteiger partial charge in [0.1, 0.15) is 28.7 Å². The van der Waals surface area contributed by atoms with E-state index in [4.69, 9.17) is 13.9 Å². The molecule has 39 heavy (non-hydrogen) atoms. The Balaban J connectivity index is 1.67. The van der Waals surface area contributed by atoms with Gasteiger partial charge in [0.15, 0.2) is 13.9 Å². The molecule has 0 aromatic heterocycles. The first-order chi connectivity index (χ1) is 18.4. The normalized spacial score (nSPS) is 20.9. The van der Waals surface area contributed by atoms with E-state index < -0.39 is 18.7 Å². The predicted octanol–water partition coefficient (Wildman–Crippen LogP) is 8.04. The average molecular weight is 573 g/mol. The summed E-state index contributed by atoms with van der Waals surface area (Å²) < 4.78 is 30.7. The van der Waals surface area contributed by atoms with Crippen LogP contribution in [0.3, 0.4) is 0 Å². The topological polar surface area (TPSA) is 47.9 Å². The fourth-order valence-electron chi connectivity index (χ4n) is 4.63. The molecule has 1 aliphatic rings. The van der Waals surface area contributed by atoms with Crippen molar-refractivity contribution in [2.24, 2.45) is 0 Å². The van der Waals surface area contributed by atoms with Crippen molar-refractivity contribution < 1.29 is 23.4 Å². The second-order valence-corrected chi connectivity index (χ2v) is 17.7. The number of fused-ring (bicyclic) bond motifs is 1. The number of hydrogen-bond donors (Lipinski definition) is 1. The zero-order valence-electron chi connectivity index (χ0n) is 24.7. The molecule has 0 fully saturated rings. The molecule has 0 radical (unpaired) electrons. The fourth-order valence-corrected chi connectivity index (χ4v) is 6.73. The molecule has 4 nitrogen and oxygen atoms in total. The quantitative estimate of drug-likeness (QED) is 0.168. The highest BCUT2D eigenvalue weighted by molar-refractivity contribution is 7.99. The van der Waals surface area contributed by atoms with E-state index in [1.807, 2.05) is 18.4 Å². The van der Waals surface area contributed by atoms with Crippen LogP contribution in [0.4, 0.5) is 4.39 Å². The second kappa shape index (κ2) is 13.1. The average Bonchev–Trinajstić information content (AvgIpc) is 2.90. The lowest BCUT2D eigenvalue weighted by molar-refractivity contribution is 0.00920. The highest BCUT2D eigenvalue weighted by atomic mass is 32.2. The van der Waals surface area contributed by atoms with Crippen LogP contribution < -0.4 is 9.47 Å². The van der Waals surface area contributed by atoms with Crippen LogP contribution in [0.25, 0.3) is 0 Å². The standard InChI is InChI=1S/C32H45FO4SSi/c1-30(2,3)39(6,7)37-22-14-12-10-8-9-11-13-21-31(34)28-20-19-27(35-4)23-29(28)36-24-32(31,38-5)25-15-17-26(33)18-16-25/h15-20,23,34H,8-12,14,22,24H2,1-7H3. The summed E-state index contributed by atoms with van der Waals surface area (Å²) in [7, 11) is -0.0662. The summed E-state index contributed by atoms with van der Waals surface area (Å²) in [5.74, 6) is 7.41. The molecule has 214 valence electrons. The largest absolute Gasteiger partial charge is 0.497 e. The highest BCUT2D eigenvalue weighted by Gasteiger charge is 2.56. The van der Waals surface area contributed by atoms with E-state index in [0.29, 0.717) is 23.5 Å². The Morgan fingerprint density at radius 2 is 1.72 bits per heavy atom. The van der Waals surface area contributed by atoms with Gasteiger partial charge in [-0.15, -0.1) is 11.8 Å². The van der Waals surface area contributed by atoms with Gasteiger partial charge in [-0.1, -0.05) is 64.0 Å². The Kier molecular flexibility index (Phi) is 10.6. The first-order valence-electron chi connectivity index (χ1n) is 13.9. The lowest BCUT2D eigenvalue weighted by Gasteiger charge is -2.47. The van der Waals surface area contributed by atoms with E-state index in [-0.39, 0.29) is 17.5 Å². The van der Waals surface area contributed by atoms with E-state index in [2.05, 4.69) is 45.7 Å². The van der Waals surface area contributed by atoms with E-state index >= 15 is 0 Å². The molecule has 0 saturated carbocycles. The van der Waals surface area contributed by atoms with E-state index in [1.54, 1.807) is 25.3 Å². The van der Waals surface area contributed by atoms with Crippen LogP contribution in [0.1, 0.15) is 70.4 Å². The fraction of sp³-hybridized carbons (Fsp3) is 0.562. The van der Waals surface area contributed by atoms with Gasteiger partial charge in [-0.25, -0.2) is 4.39 Å². The Morgan fingerprint density at radius 3 is 2.36 bits per heavy atom. The first kappa shape index (κ1) is 31.5. The maximum Gasteiger partial charge on any atom is 0.191 e. The van der Waals surface area contributed by atoms with Crippen LogP contribution in [0.5, 0.6) is 11.5 Å². The van der Waals surface area contributed by atoms with E-state index in [0.717, 1.165) is 44.3 Å². The Labute approximate surface area is 240 Å². The molecule has 2 unspecified atom stereocenters. The van der Waals surface area contributed by atoms with Crippen LogP contribution in [-0.2, 0) is 14.8 Å². The summed E-state index contributed by atoms with van der Waals surface area (Å²) in [4.78, 5) is 0. The molecule has 3 rings (SSSR count). The van der Waals surface area contributed by atoms with Crippen molar-refractivity contribution in [3.8, 4) is 23.3 Å². The maximum atomic E-state index is 13.8. The van der Waals surface area contributed by atoms with Gasteiger partial charge >= 0.3 is 0 Å². The van der Waals surface area contributed by atoms with Gasteiger partial charge in [-0.3, -0.25) is 0 Å². The van der Waals surface area contributed by atoms with Gasteiger partial charge in [0, 0.05) is 24.7 Å². The number of unbranched alkanes of at least 4 members (excludes halogenated alkanes) is 5. The van der Waals surface area contributed by atoms with Gasteiger partial charge in [-0.2, -0.15) is 0 Å². The number of benzene rings is 2. The van der Waals surface area contributed by atoms with E-state index in [1.165, 1.54) is 23.9 Å². The molecule has 2 aromatic carbocycles. The summed E-state index contributed by atoms with van der Waals surface area (Å²) in [5.41, 5.74) is -0.150. The molecule has 0 saturated heterocycles. The molecule has 1 N–H and O–H groups in total. The summed E-state index contributed by atoms with van der Waals surface area (Å²) in [6, 6.07) is 11.7. The number of ether oxygens (including phenoxy) is 2. The monoisotopic (exact) mass is 572 g/mol. The molecule has 0 amide bonds. The Hall–Kier alpha value is -1.98. The van der Waals surface area contributed by atoms with Gasteiger partial charge in [-0.05, 0) is 67.1 Å². The van der Waals surface area contributed by atoms with Gasteiger partial charge in [0.05, 0.1) is 7.11 Å². The summed E-state index contributed by atoms with van der Waals surface area (Å²) in [5, 5.41) is 12.6. The third-order valence-corrected chi connectivity index (χ3v) is 14.1. The van der Waals surface area contributed by atoms with E-state index in [9.17, 15) is 9.50 Å². The Morgan fingerprint density at radius 1 is 1.05 bits per heavy atom. The maximum absolute atomic E-state index is 13.8. The van der Waals surface area contributed by atoms with Crippen LogP contribution in [0, 0.1) is 17.7 Å². The zero-order valence-corrected chi connectivity index (χ0v) is 26.5. The minimum absolute atomic E-state index is 0.197. The number of aliphatic hydroxyl groups is 1. The molecule has 1 heterocycles. The molecule has 2 atom stereocenters. The number of hydrogen-bond acceptors (Lipinski definition) is 5. The van der Waals surface area contributed by atoms with Gasteiger partial charge < -0.3 is 19.0 Å². The smallest absolute Gasteiger partial charge is 0.191 e. The molecule has 2 aromatic rings. The van der Waals surface area contributed by atoms with Crippen molar-refractivity contribution in [3.63, 3.8) is 0 Å². The lowest BCUT2D eigenvalue weighted by atomic mass is 9.75. The molecule has 0 bridgehead atoms. The number of methoxy groups -OCH3 is 1. The molecular weight excluding hydrogens is 527 g/mol. The molecule has 0 aliphatic carbocycles. The van der Waals surface area contributed by atoms with Crippen LogP contribution in [-0.4, -0.2) is 40.0 Å². The SMILES string of the molecule is COc1ccc2c(c1)OCC(SC)(c1ccc(F)cc1)C2(O)C#CCCCCCCCO[Si](C)(C)C(C)(C)C. The predicted molar refractivity (Wildman–Crippen MR) is 163 cm³/mol. The highest BCUT2D eigenvalue weighted by Crippen LogP contribution is 2.55. The van der Waals surface area contributed by atoms with Crippen molar-refractivity contribution in [2.45, 2.75) is 87.8 Å². The van der Waals surface area contributed by atoms with Crippen molar-refractivity contribution in [1.82, 2.24) is 0 Å². The van der Waals surface area contributed by atoms with Crippen molar-refractivity contribution in [1.29, 1.82) is 0 Å². The van der Waals surface area contributed by atoms with Crippen LogP contribution in [0.2, 0.25) is 18.1 Å². The first-order valence-corrected chi connectivity index (χ1v) is 18.0. The van der Waals surface area contributed by atoms with Crippen molar-refractivity contribution in [3.05, 3.63) is 59.4 Å². The number of rotatable bonds is 11. The number of thioether (sulfide) groups is 1. The minimum Gasteiger partial charge on any atom is -0.497 e. The third kappa shape index (κ3) is 7.03. The van der Waals surface area contributed by atoms with Gasteiger partial charge in [0.2, 0.25) is 0 Å². The van der Waals surface area contributed by atoms with Crippen LogP contribution >= 0.6 is 11.8 Å². The lowest BCUT2D eigenvalue weighted by Crippen LogP contribution is -2.53. The molecule has 1 aliphatic heterocycles. The van der Waals surface area contributed by atoms with Gasteiger partial charge in [0.25, 0.3) is 0 Å². The van der Waals surface area contributed by atoms with Crippen LogP contribution in [0.15, 0.2) is 42.5 Å².